The number of hydrogen-bond donors (Lipinski definition) is 1. The lowest BCUT2D eigenvalue weighted by Crippen LogP contribution is -2.40. The van der Waals surface area contributed by atoms with Crippen molar-refractivity contribution in [1.82, 2.24) is 9.99 Å². The van der Waals surface area contributed by atoms with Crippen LogP contribution < -0.4 is 9.84 Å². The van der Waals surface area contributed by atoms with Gasteiger partial charge in [-0.2, -0.15) is 0 Å². The molecule has 0 radical (unpaired) electrons. The molecule has 0 aliphatic rings. The summed E-state index contributed by atoms with van der Waals surface area (Å²) in [5.74, 6) is 0.721. The summed E-state index contributed by atoms with van der Waals surface area (Å²) in [5, 5.41) is 7.14. The van der Waals surface area contributed by atoms with Gasteiger partial charge in [0.2, 0.25) is 0 Å². The molecule has 31 heavy (non-hydrogen) atoms. The SMILES string of the molecule is CCP(=S)(Oc1ccc(-c2ccccc2)cc1)N(CNC(=O)ON=C(C)SC)C(C)C. The van der Waals surface area contributed by atoms with E-state index in [1.165, 1.54) is 11.8 Å². The van der Waals surface area contributed by atoms with Crippen molar-refractivity contribution in [1.29, 1.82) is 0 Å². The summed E-state index contributed by atoms with van der Waals surface area (Å²) < 4.78 is 8.36. The van der Waals surface area contributed by atoms with E-state index in [1.54, 1.807) is 6.92 Å². The van der Waals surface area contributed by atoms with E-state index in [0.29, 0.717) is 11.2 Å². The van der Waals surface area contributed by atoms with Crippen LogP contribution >= 0.6 is 18.2 Å². The molecular formula is C22H30N3O3PS2. The Balaban J connectivity index is 2.09. The molecule has 1 amide bonds. The first-order valence-corrected chi connectivity index (χ1v) is 14.1. The van der Waals surface area contributed by atoms with Gasteiger partial charge in [0, 0.05) is 12.2 Å². The van der Waals surface area contributed by atoms with E-state index in [4.69, 9.17) is 21.2 Å². The molecule has 9 heteroatoms. The highest BCUT2D eigenvalue weighted by Crippen LogP contribution is 2.51. The van der Waals surface area contributed by atoms with Crippen LogP contribution in [0.15, 0.2) is 59.8 Å². The van der Waals surface area contributed by atoms with E-state index in [2.05, 4.69) is 22.6 Å². The Hall–Kier alpha value is -1.86. The van der Waals surface area contributed by atoms with Crippen LogP contribution in [0.5, 0.6) is 5.75 Å². The molecule has 0 aliphatic carbocycles. The molecule has 2 aromatic carbocycles. The summed E-state index contributed by atoms with van der Waals surface area (Å²) in [6.45, 7) is 8.06. The van der Waals surface area contributed by atoms with Crippen molar-refractivity contribution in [3.05, 3.63) is 54.6 Å². The van der Waals surface area contributed by atoms with Gasteiger partial charge >= 0.3 is 6.09 Å². The number of carbonyl (C=O) groups is 1. The van der Waals surface area contributed by atoms with Crippen LogP contribution in [0, 0.1) is 0 Å². The highest BCUT2D eigenvalue weighted by Gasteiger charge is 2.29. The quantitative estimate of drug-likeness (QED) is 0.116. The molecule has 1 atom stereocenters. The molecule has 0 heterocycles. The molecule has 1 unspecified atom stereocenters. The smallest absolute Gasteiger partial charge is 0.434 e. The van der Waals surface area contributed by atoms with Gasteiger partial charge in [-0.1, -0.05) is 54.5 Å². The van der Waals surface area contributed by atoms with E-state index in [1.807, 2.05) is 74.2 Å². The lowest BCUT2D eigenvalue weighted by atomic mass is 10.1. The predicted octanol–water partition coefficient (Wildman–Crippen LogP) is 6.15. The standard InChI is InChI=1S/C22H30N3O3PS2/c1-6-29(30,25(17(2)3)16-23-22(26)27-24-18(4)31-5)28-21-14-12-20(13-15-21)19-10-8-7-9-11-19/h7-15,17H,6,16H2,1-5H3,(H,23,26). The van der Waals surface area contributed by atoms with Gasteiger partial charge in [-0.05, 0) is 62.1 Å². The Morgan fingerprint density at radius 3 is 2.32 bits per heavy atom. The largest absolute Gasteiger partial charge is 0.453 e. The number of amides is 1. The fourth-order valence-electron chi connectivity index (χ4n) is 2.77. The van der Waals surface area contributed by atoms with Crippen LogP contribution in [0.2, 0.25) is 0 Å². The van der Waals surface area contributed by atoms with E-state index in [0.717, 1.165) is 16.9 Å². The molecule has 2 rings (SSSR count). The number of oxime groups is 1. The van der Waals surface area contributed by atoms with Crippen molar-refractivity contribution in [2.24, 2.45) is 5.16 Å². The Kier molecular flexibility index (Phi) is 10.0. The number of rotatable bonds is 9. The third-order valence-corrected chi connectivity index (χ3v) is 9.51. The van der Waals surface area contributed by atoms with Crippen molar-refractivity contribution in [3.63, 3.8) is 0 Å². The number of hydrogen-bond acceptors (Lipinski definition) is 6. The normalized spacial score (nSPS) is 13.7. The lowest BCUT2D eigenvalue weighted by Gasteiger charge is -2.36. The Labute approximate surface area is 194 Å². The summed E-state index contributed by atoms with van der Waals surface area (Å²) in [5.41, 5.74) is 2.26. The van der Waals surface area contributed by atoms with Gasteiger partial charge in [-0.3, -0.25) is 4.84 Å². The molecule has 0 aromatic heterocycles. The summed E-state index contributed by atoms with van der Waals surface area (Å²) in [7, 11) is 0. The van der Waals surface area contributed by atoms with Crippen molar-refractivity contribution in [3.8, 4) is 16.9 Å². The molecule has 168 valence electrons. The molecule has 0 saturated carbocycles. The highest BCUT2D eigenvalue weighted by molar-refractivity contribution is 8.13. The van der Waals surface area contributed by atoms with Gasteiger partial charge in [-0.15, -0.1) is 11.8 Å². The third-order valence-electron chi connectivity index (χ3n) is 4.53. The zero-order valence-corrected chi connectivity index (χ0v) is 21.1. The molecule has 1 N–H and O–H groups in total. The van der Waals surface area contributed by atoms with Gasteiger partial charge in [0.25, 0.3) is 0 Å². The maximum Gasteiger partial charge on any atom is 0.434 e. The predicted molar refractivity (Wildman–Crippen MR) is 135 cm³/mol. The number of thioether (sulfide) groups is 1. The minimum absolute atomic E-state index is 0.0751. The maximum absolute atomic E-state index is 12.0. The van der Waals surface area contributed by atoms with Crippen LogP contribution in [0.4, 0.5) is 4.79 Å². The van der Waals surface area contributed by atoms with Crippen molar-refractivity contribution >= 4 is 41.1 Å². The second-order valence-corrected chi connectivity index (χ2v) is 12.3. The summed E-state index contributed by atoms with van der Waals surface area (Å²) >= 11 is 7.39. The van der Waals surface area contributed by atoms with Crippen LogP contribution in [-0.2, 0) is 16.6 Å². The first-order valence-electron chi connectivity index (χ1n) is 10.0. The first kappa shape index (κ1) is 25.4. The highest BCUT2D eigenvalue weighted by atomic mass is 32.4. The zero-order chi connectivity index (χ0) is 22.9. The average Bonchev–Trinajstić information content (AvgIpc) is 2.78. The molecular weight excluding hydrogens is 449 g/mol. The minimum Gasteiger partial charge on any atom is -0.453 e. The fraction of sp³-hybridized carbons (Fsp3) is 0.364. The number of benzene rings is 2. The van der Waals surface area contributed by atoms with Gasteiger partial charge in [0.1, 0.15) is 10.8 Å². The topological polar surface area (TPSA) is 63.2 Å². The van der Waals surface area contributed by atoms with Crippen molar-refractivity contribution in [2.45, 2.75) is 33.7 Å². The second kappa shape index (κ2) is 12.2. The first-order chi connectivity index (χ1) is 14.8. The summed E-state index contributed by atoms with van der Waals surface area (Å²) in [4.78, 5) is 16.9. The summed E-state index contributed by atoms with van der Waals surface area (Å²) in [6.07, 6.45) is -0.524. The average molecular weight is 480 g/mol. The van der Waals surface area contributed by atoms with E-state index >= 15 is 0 Å². The lowest BCUT2D eigenvalue weighted by molar-refractivity contribution is 0.146. The molecule has 0 saturated heterocycles. The number of nitrogens with zero attached hydrogens (tertiary/aromatic N) is 2. The maximum atomic E-state index is 12.0. The van der Waals surface area contributed by atoms with Crippen LogP contribution in [-0.4, -0.2) is 40.9 Å². The Morgan fingerprint density at radius 1 is 1.16 bits per heavy atom. The zero-order valence-electron chi connectivity index (χ0n) is 18.6. The van der Waals surface area contributed by atoms with E-state index < -0.39 is 12.5 Å². The molecule has 6 nitrogen and oxygen atoms in total. The molecule has 0 bridgehead atoms. The van der Waals surface area contributed by atoms with Crippen molar-refractivity contribution in [2.75, 3.05) is 19.1 Å². The number of carbonyl (C=O) groups excluding carboxylic acids is 1. The molecule has 2 aromatic rings. The molecule has 0 fully saturated rings. The Morgan fingerprint density at radius 2 is 1.77 bits per heavy atom. The van der Waals surface area contributed by atoms with Gasteiger partial charge in [0.15, 0.2) is 6.42 Å². The van der Waals surface area contributed by atoms with Gasteiger partial charge in [0.05, 0.1) is 6.67 Å². The van der Waals surface area contributed by atoms with Crippen LogP contribution in [0.25, 0.3) is 11.1 Å². The minimum atomic E-state index is -2.42. The second-order valence-electron chi connectivity index (χ2n) is 7.00. The Bertz CT molecular complexity index is 921. The third kappa shape index (κ3) is 7.65. The van der Waals surface area contributed by atoms with E-state index in [9.17, 15) is 4.79 Å². The fourth-order valence-corrected chi connectivity index (χ4v) is 5.91. The van der Waals surface area contributed by atoms with Gasteiger partial charge in [-0.25, -0.2) is 9.46 Å². The van der Waals surface area contributed by atoms with Crippen LogP contribution in [0.3, 0.4) is 0 Å². The van der Waals surface area contributed by atoms with E-state index in [-0.39, 0.29) is 12.7 Å². The van der Waals surface area contributed by atoms with Gasteiger partial charge < -0.3 is 9.84 Å². The molecule has 0 aliphatic heterocycles. The summed E-state index contributed by atoms with van der Waals surface area (Å²) in [6, 6.07) is 18.2. The van der Waals surface area contributed by atoms with Crippen LogP contribution in [0.1, 0.15) is 27.7 Å². The van der Waals surface area contributed by atoms with Crippen molar-refractivity contribution < 1.29 is 14.2 Å². The monoisotopic (exact) mass is 479 g/mol. The number of nitrogens with one attached hydrogen (secondary N) is 1. The molecule has 0 spiro atoms.